The number of nitrogens with two attached hydrogens (primary N) is 1. The lowest BCUT2D eigenvalue weighted by Gasteiger charge is -2.01. The summed E-state index contributed by atoms with van der Waals surface area (Å²) in [4.78, 5) is 2.98. The summed E-state index contributed by atoms with van der Waals surface area (Å²) in [6, 6.07) is 4.81. The van der Waals surface area contributed by atoms with Gasteiger partial charge in [0.15, 0.2) is 0 Å². The molecule has 0 saturated heterocycles. The highest BCUT2D eigenvalue weighted by molar-refractivity contribution is 7.12. The maximum Gasteiger partial charge on any atom is 0.00634 e. The van der Waals surface area contributed by atoms with E-state index in [1.165, 1.54) is 48.3 Å². The highest BCUT2D eigenvalue weighted by atomic mass is 32.1. The van der Waals surface area contributed by atoms with Crippen molar-refractivity contribution >= 4 is 11.3 Å². The molecular formula is C14H25NS. The van der Waals surface area contributed by atoms with Crippen LogP contribution in [0.4, 0.5) is 0 Å². The minimum Gasteiger partial charge on any atom is -0.328 e. The lowest BCUT2D eigenvalue weighted by Crippen LogP contribution is -2.16. The predicted octanol–water partition coefficient (Wildman–Crippen LogP) is 4.15. The van der Waals surface area contributed by atoms with Crippen molar-refractivity contribution in [3.05, 3.63) is 21.9 Å². The zero-order valence-electron chi connectivity index (χ0n) is 10.7. The minimum atomic E-state index is 0.288. The Balaban J connectivity index is 2.19. The molecule has 1 heterocycles. The van der Waals surface area contributed by atoms with Gasteiger partial charge < -0.3 is 5.73 Å². The van der Waals surface area contributed by atoms with Crippen molar-refractivity contribution in [2.75, 3.05) is 0 Å². The number of hydrogen-bond acceptors (Lipinski definition) is 2. The van der Waals surface area contributed by atoms with Gasteiger partial charge in [0.2, 0.25) is 0 Å². The van der Waals surface area contributed by atoms with Crippen molar-refractivity contribution in [1.82, 2.24) is 0 Å². The van der Waals surface area contributed by atoms with Crippen LogP contribution >= 0.6 is 11.3 Å². The summed E-state index contributed by atoms with van der Waals surface area (Å²) in [5.74, 6) is 0. The molecule has 0 aliphatic rings. The standard InChI is InChI=1S/C14H25NS/c1-3-4-5-6-7-8-13-9-10-14(16-13)11-12(2)15/h9-10,12H,3-8,11,15H2,1-2H3/t12-/m1/s1. The van der Waals surface area contributed by atoms with Gasteiger partial charge in [-0.2, -0.15) is 0 Å². The first-order valence-electron chi connectivity index (χ1n) is 6.55. The number of hydrogen-bond donors (Lipinski definition) is 1. The third-order valence-electron chi connectivity index (χ3n) is 2.77. The first-order valence-corrected chi connectivity index (χ1v) is 7.37. The molecule has 0 radical (unpaired) electrons. The second-order valence-electron chi connectivity index (χ2n) is 4.71. The van der Waals surface area contributed by atoms with Gasteiger partial charge in [-0.15, -0.1) is 11.3 Å². The van der Waals surface area contributed by atoms with Crippen molar-refractivity contribution < 1.29 is 0 Å². The van der Waals surface area contributed by atoms with E-state index in [2.05, 4.69) is 26.0 Å². The fourth-order valence-electron chi connectivity index (χ4n) is 1.89. The average molecular weight is 239 g/mol. The Morgan fingerprint density at radius 3 is 2.50 bits per heavy atom. The minimum absolute atomic E-state index is 0.288. The Bertz CT molecular complexity index is 278. The first-order chi connectivity index (χ1) is 7.72. The Morgan fingerprint density at radius 2 is 1.81 bits per heavy atom. The van der Waals surface area contributed by atoms with Crippen LogP contribution in [0.25, 0.3) is 0 Å². The van der Waals surface area contributed by atoms with Gasteiger partial charge in [-0.1, -0.05) is 32.6 Å². The summed E-state index contributed by atoms with van der Waals surface area (Å²) in [6.45, 7) is 4.34. The molecule has 0 fully saturated rings. The van der Waals surface area contributed by atoms with Crippen LogP contribution in [0.15, 0.2) is 12.1 Å². The van der Waals surface area contributed by atoms with Crippen LogP contribution in [-0.4, -0.2) is 6.04 Å². The largest absolute Gasteiger partial charge is 0.328 e. The third-order valence-corrected chi connectivity index (χ3v) is 3.93. The van der Waals surface area contributed by atoms with E-state index in [0.717, 1.165) is 6.42 Å². The molecule has 0 aromatic carbocycles. The molecule has 0 bridgehead atoms. The molecule has 0 spiro atoms. The van der Waals surface area contributed by atoms with Gasteiger partial charge in [-0.3, -0.25) is 0 Å². The Labute approximate surface area is 104 Å². The van der Waals surface area contributed by atoms with Crippen molar-refractivity contribution in [3.63, 3.8) is 0 Å². The van der Waals surface area contributed by atoms with E-state index in [-0.39, 0.29) is 6.04 Å². The molecule has 16 heavy (non-hydrogen) atoms. The van der Waals surface area contributed by atoms with Crippen LogP contribution in [0, 0.1) is 0 Å². The SMILES string of the molecule is CCCCCCCc1ccc(C[C@@H](C)N)s1. The number of rotatable bonds is 8. The normalized spacial score (nSPS) is 12.9. The Morgan fingerprint density at radius 1 is 1.12 bits per heavy atom. The quantitative estimate of drug-likeness (QED) is 0.678. The summed E-state index contributed by atoms with van der Waals surface area (Å²) in [6.07, 6.45) is 9.13. The molecule has 0 amide bonds. The van der Waals surface area contributed by atoms with Crippen LogP contribution < -0.4 is 5.73 Å². The molecule has 0 aliphatic carbocycles. The van der Waals surface area contributed by atoms with Gasteiger partial charge in [0, 0.05) is 15.8 Å². The van der Waals surface area contributed by atoms with Crippen LogP contribution in [0.1, 0.15) is 55.7 Å². The molecule has 1 aromatic rings. The summed E-state index contributed by atoms with van der Waals surface area (Å²) in [5, 5.41) is 0. The number of thiophene rings is 1. The summed E-state index contributed by atoms with van der Waals surface area (Å²) in [7, 11) is 0. The molecule has 0 aliphatic heterocycles. The second-order valence-corrected chi connectivity index (χ2v) is 5.97. The van der Waals surface area contributed by atoms with Gasteiger partial charge in [0.05, 0.1) is 0 Å². The maximum absolute atomic E-state index is 5.80. The molecule has 2 N–H and O–H groups in total. The molecule has 0 saturated carbocycles. The third kappa shape index (κ3) is 5.66. The van der Waals surface area contributed by atoms with E-state index in [1.807, 2.05) is 11.3 Å². The van der Waals surface area contributed by atoms with E-state index >= 15 is 0 Å². The monoisotopic (exact) mass is 239 g/mol. The smallest absolute Gasteiger partial charge is 0.00634 e. The number of aryl methyl sites for hydroxylation is 1. The molecular weight excluding hydrogens is 214 g/mol. The van der Waals surface area contributed by atoms with E-state index < -0.39 is 0 Å². The highest BCUT2D eigenvalue weighted by Gasteiger charge is 2.02. The first kappa shape index (κ1) is 13.7. The van der Waals surface area contributed by atoms with E-state index in [0.29, 0.717) is 0 Å². The summed E-state index contributed by atoms with van der Waals surface area (Å²) >= 11 is 1.94. The molecule has 1 nitrogen and oxygen atoms in total. The van der Waals surface area contributed by atoms with Gasteiger partial charge in [0.1, 0.15) is 0 Å². The Hall–Kier alpha value is -0.340. The molecule has 1 atom stereocenters. The second kappa shape index (κ2) is 7.86. The van der Waals surface area contributed by atoms with Crippen LogP contribution in [0.3, 0.4) is 0 Å². The van der Waals surface area contributed by atoms with E-state index in [1.54, 1.807) is 0 Å². The average Bonchev–Trinajstić information content (AvgIpc) is 2.64. The van der Waals surface area contributed by atoms with Crippen molar-refractivity contribution in [2.24, 2.45) is 5.73 Å². The van der Waals surface area contributed by atoms with E-state index in [9.17, 15) is 0 Å². The maximum atomic E-state index is 5.80. The molecule has 0 unspecified atom stereocenters. The van der Waals surface area contributed by atoms with Crippen LogP contribution in [0.5, 0.6) is 0 Å². The summed E-state index contributed by atoms with van der Waals surface area (Å²) in [5.41, 5.74) is 5.80. The highest BCUT2D eigenvalue weighted by Crippen LogP contribution is 2.20. The van der Waals surface area contributed by atoms with Crippen molar-refractivity contribution in [2.45, 2.75) is 64.8 Å². The van der Waals surface area contributed by atoms with Crippen molar-refractivity contribution in [1.29, 1.82) is 0 Å². The predicted molar refractivity (Wildman–Crippen MR) is 74.1 cm³/mol. The van der Waals surface area contributed by atoms with E-state index in [4.69, 9.17) is 5.73 Å². The lowest BCUT2D eigenvalue weighted by atomic mass is 10.1. The molecule has 2 heteroatoms. The fourth-order valence-corrected chi connectivity index (χ4v) is 3.09. The number of unbranched alkanes of at least 4 members (excludes halogenated alkanes) is 4. The lowest BCUT2D eigenvalue weighted by molar-refractivity contribution is 0.634. The molecule has 1 aromatic heterocycles. The van der Waals surface area contributed by atoms with Crippen LogP contribution in [-0.2, 0) is 12.8 Å². The van der Waals surface area contributed by atoms with Crippen molar-refractivity contribution in [3.8, 4) is 0 Å². The van der Waals surface area contributed by atoms with Crippen LogP contribution in [0.2, 0.25) is 0 Å². The topological polar surface area (TPSA) is 26.0 Å². The fraction of sp³-hybridized carbons (Fsp3) is 0.714. The molecule has 92 valence electrons. The zero-order valence-corrected chi connectivity index (χ0v) is 11.5. The molecule has 1 rings (SSSR count). The van der Waals surface area contributed by atoms with Gasteiger partial charge in [0.25, 0.3) is 0 Å². The zero-order chi connectivity index (χ0) is 11.8. The van der Waals surface area contributed by atoms with Gasteiger partial charge >= 0.3 is 0 Å². The van der Waals surface area contributed by atoms with Gasteiger partial charge in [-0.05, 0) is 38.3 Å². The van der Waals surface area contributed by atoms with Gasteiger partial charge in [-0.25, -0.2) is 0 Å². The Kier molecular flexibility index (Phi) is 6.74. The summed E-state index contributed by atoms with van der Waals surface area (Å²) < 4.78 is 0.